The molecule has 8 nitrogen and oxygen atoms in total. The zero-order valence-electron chi connectivity index (χ0n) is 20.5. The Bertz CT molecular complexity index is 1310. The molecular formula is C26H28Cl2N2O6S. The maximum Gasteiger partial charge on any atom is 0.337 e. The Morgan fingerprint density at radius 2 is 1.84 bits per heavy atom. The number of esters is 1. The maximum absolute atomic E-state index is 13.5. The summed E-state index contributed by atoms with van der Waals surface area (Å²) in [4.78, 5) is 25.7. The summed E-state index contributed by atoms with van der Waals surface area (Å²) in [6.07, 6.45) is 3.44. The van der Waals surface area contributed by atoms with Crippen molar-refractivity contribution in [3.05, 3.63) is 81.0 Å². The zero-order chi connectivity index (χ0) is 26.7. The Balaban J connectivity index is 1.65. The first-order valence-corrected chi connectivity index (χ1v) is 14.1. The monoisotopic (exact) mass is 566 g/mol. The van der Waals surface area contributed by atoms with Crippen molar-refractivity contribution in [1.82, 2.24) is 8.61 Å². The van der Waals surface area contributed by atoms with Crippen molar-refractivity contribution in [3.63, 3.8) is 0 Å². The lowest BCUT2D eigenvalue weighted by molar-refractivity contribution is -0.139. The van der Waals surface area contributed by atoms with E-state index in [9.17, 15) is 18.0 Å². The highest BCUT2D eigenvalue weighted by molar-refractivity contribution is 7.86. The van der Waals surface area contributed by atoms with Gasteiger partial charge in [-0.1, -0.05) is 53.5 Å². The lowest BCUT2D eigenvalue weighted by Gasteiger charge is -2.38. The summed E-state index contributed by atoms with van der Waals surface area (Å²) in [7, 11) is -2.66. The molecule has 2 atom stereocenters. The molecule has 0 spiro atoms. The van der Waals surface area contributed by atoms with Crippen molar-refractivity contribution >= 4 is 45.2 Å². The highest BCUT2D eigenvalue weighted by Gasteiger charge is 2.42. The van der Waals surface area contributed by atoms with Crippen LogP contribution >= 0.6 is 23.2 Å². The first kappa shape index (κ1) is 27.6. The van der Waals surface area contributed by atoms with Crippen LogP contribution in [0.3, 0.4) is 0 Å². The van der Waals surface area contributed by atoms with Crippen molar-refractivity contribution in [2.75, 3.05) is 20.3 Å². The number of ketones is 1. The molecule has 4 rings (SSSR count). The van der Waals surface area contributed by atoms with Gasteiger partial charge < -0.3 is 9.47 Å². The second kappa shape index (κ2) is 11.5. The number of benzene rings is 2. The molecule has 2 aliphatic rings. The third-order valence-electron chi connectivity index (χ3n) is 6.42. The molecule has 0 aromatic heterocycles. The van der Waals surface area contributed by atoms with Gasteiger partial charge in [-0.2, -0.15) is 12.7 Å². The Morgan fingerprint density at radius 3 is 2.46 bits per heavy atom. The van der Waals surface area contributed by atoms with Crippen LogP contribution in [-0.4, -0.2) is 55.1 Å². The topological polar surface area (TPSA) is 93.2 Å². The predicted octanol–water partition coefficient (Wildman–Crippen LogP) is 4.93. The van der Waals surface area contributed by atoms with Crippen LogP contribution in [0, 0.1) is 0 Å². The quantitative estimate of drug-likeness (QED) is 0.348. The average molecular weight is 567 g/mol. The number of likely N-dealkylation sites (N-methyl/N-ethyl adjacent to an activating group) is 1. The molecule has 2 aromatic rings. The number of rotatable bonds is 7. The SMILES string of the molecule is CCOC(=O)C1=CN(Cc2ccc(C(=O)C3CCCCO3)cc2)S(=O)(=O)N(C)C1c1ccc(Cl)cc1Cl. The van der Waals surface area contributed by atoms with Gasteiger partial charge in [0.05, 0.1) is 24.8 Å². The highest BCUT2D eigenvalue weighted by Crippen LogP contribution is 2.40. The van der Waals surface area contributed by atoms with Crippen molar-refractivity contribution < 1.29 is 27.5 Å². The van der Waals surface area contributed by atoms with E-state index < -0.39 is 28.3 Å². The van der Waals surface area contributed by atoms with Gasteiger partial charge in [-0.15, -0.1) is 0 Å². The molecule has 0 amide bonds. The minimum Gasteiger partial charge on any atom is -0.463 e. The molecule has 0 bridgehead atoms. The third-order valence-corrected chi connectivity index (χ3v) is 8.75. The van der Waals surface area contributed by atoms with Crippen LogP contribution in [0.1, 0.15) is 53.7 Å². The molecule has 0 N–H and O–H groups in total. The van der Waals surface area contributed by atoms with E-state index in [-0.39, 0.29) is 29.5 Å². The standard InChI is InChI=1S/C26H28Cl2N2O6S/c1-3-35-26(32)21-16-30(37(33,34)29(2)24(21)20-12-11-19(27)14-22(20)28)15-17-7-9-18(10-8-17)25(31)23-6-4-5-13-36-23/h7-12,14,16,23-24H,3-6,13,15H2,1-2H3. The summed E-state index contributed by atoms with van der Waals surface area (Å²) in [5.74, 6) is -0.734. The van der Waals surface area contributed by atoms with Crippen LogP contribution in [0.15, 0.2) is 54.2 Å². The maximum atomic E-state index is 13.5. The molecule has 2 aliphatic heterocycles. The second-order valence-electron chi connectivity index (χ2n) is 8.86. The fraction of sp³-hybridized carbons (Fsp3) is 0.385. The normalized spacial score (nSPS) is 21.8. The van der Waals surface area contributed by atoms with Gasteiger partial charge in [0.2, 0.25) is 0 Å². The number of carbonyl (C=O) groups is 2. The van der Waals surface area contributed by atoms with Gasteiger partial charge in [0.25, 0.3) is 0 Å². The van der Waals surface area contributed by atoms with Gasteiger partial charge in [0, 0.05) is 35.5 Å². The predicted molar refractivity (Wildman–Crippen MR) is 141 cm³/mol. The molecule has 2 heterocycles. The summed E-state index contributed by atoms with van der Waals surface area (Å²) in [5, 5.41) is 0.612. The van der Waals surface area contributed by atoms with Gasteiger partial charge in [0.1, 0.15) is 6.10 Å². The minimum absolute atomic E-state index is 0.0505. The number of Topliss-reactive ketones (excluding diaryl/α,β-unsaturated/α-hetero) is 1. The largest absolute Gasteiger partial charge is 0.463 e. The molecule has 2 aromatic carbocycles. The summed E-state index contributed by atoms with van der Waals surface area (Å²) in [6, 6.07) is 10.4. The van der Waals surface area contributed by atoms with E-state index in [1.165, 1.54) is 19.3 Å². The van der Waals surface area contributed by atoms with Crippen molar-refractivity contribution in [2.24, 2.45) is 0 Å². The van der Waals surface area contributed by atoms with Crippen LogP contribution in [-0.2, 0) is 31.0 Å². The summed E-state index contributed by atoms with van der Waals surface area (Å²) in [5.41, 5.74) is 1.67. The van der Waals surface area contributed by atoms with E-state index in [0.29, 0.717) is 34.7 Å². The molecule has 37 heavy (non-hydrogen) atoms. The lowest BCUT2D eigenvalue weighted by Crippen LogP contribution is -2.46. The fourth-order valence-corrected chi connectivity index (χ4v) is 6.36. The van der Waals surface area contributed by atoms with Crippen LogP contribution in [0.2, 0.25) is 10.0 Å². The summed E-state index contributed by atoms with van der Waals surface area (Å²) in [6.45, 7) is 2.32. The van der Waals surface area contributed by atoms with Crippen LogP contribution in [0.4, 0.5) is 0 Å². The number of hydrogen-bond acceptors (Lipinski definition) is 6. The molecule has 1 fully saturated rings. The van der Waals surface area contributed by atoms with E-state index in [1.54, 1.807) is 43.3 Å². The lowest BCUT2D eigenvalue weighted by atomic mass is 9.98. The Hall–Kier alpha value is -2.43. The molecular weight excluding hydrogens is 539 g/mol. The highest BCUT2D eigenvalue weighted by atomic mass is 35.5. The van der Waals surface area contributed by atoms with Gasteiger partial charge in [0.15, 0.2) is 5.78 Å². The number of ether oxygens (including phenoxy) is 2. The van der Waals surface area contributed by atoms with E-state index in [0.717, 1.165) is 21.5 Å². The molecule has 0 aliphatic carbocycles. The Morgan fingerprint density at radius 1 is 1.11 bits per heavy atom. The van der Waals surface area contributed by atoms with Crippen molar-refractivity contribution in [1.29, 1.82) is 0 Å². The van der Waals surface area contributed by atoms with E-state index in [4.69, 9.17) is 32.7 Å². The van der Waals surface area contributed by atoms with Gasteiger partial charge in [-0.25, -0.2) is 4.79 Å². The first-order chi connectivity index (χ1) is 17.6. The number of hydrogen-bond donors (Lipinski definition) is 0. The van der Waals surface area contributed by atoms with Crippen molar-refractivity contribution in [2.45, 2.75) is 44.9 Å². The number of halogens is 2. The second-order valence-corrected chi connectivity index (χ2v) is 11.6. The van der Waals surface area contributed by atoms with Crippen LogP contribution < -0.4 is 0 Å². The van der Waals surface area contributed by atoms with Crippen LogP contribution in [0.25, 0.3) is 0 Å². The molecule has 0 saturated carbocycles. The first-order valence-electron chi connectivity index (χ1n) is 12.0. The third kappa shape index (κ3) is 5.86. The smallest absolute Gasteiger partial charge is 0.337 e. The fourth-order valence-electron chi connectivity index (χ4n) is 4.47. The molecule has 1 saturated heterocycles. The zero-order valence-corrected chi connectivity index (χ0v) is 22.9. The van der Waals surface area contributed by atoms with E-state index in [2.05, 4.69) is 0 Å². The van der Waals surface area contributed by atoms with Gasteiger partial charge in [-0.3, -0.25) is 9.10 Å². The minimum atomic E-state index is -4.05. The molecule has 11 heteroatoms. The summed E-state index contributed by atoms with van der Waals surface area (Å²) < 4.78 is 40.0. The molecule has 0 radical (unpaired) electrons. The van der Waals surface area contributed by atoms with Gasteiger partial charge >= 0.3 is 16.2 Å². The van der Waals surface area contributed by atoms with Crippen molar-refractivity contribution in [3.8, 4) is 0 Å². The van der Waals surface area contributed by atoms with Crippen LogP contribution in [0.5, 0.6) is 0 Å². The Kier molecular flexibility index (Phi) is 8.60. The Labute approximate surface area is 226 Å². The number of nitrogens with zero attached hydrogens (tertiary/aromatic N) is 2. The average Bonchev–Trinajstić information content (AvgIpc) is 2.88. The summed E-state index contributed by atoms with van der Waals surface area (Å²) >= 11 is 12.4. The van der Waals surface area contributed by atoms with E-state index in [1.807, 2.05) is 0 Å². The van der Waals surface area contributed by atoms with Gasteiger partial charge in [-0.05, 0) is 49.4 Å². The number of carbonyl (C=O) groups excluding carboxylic acids is 2. The molecule has 198 valence electrons. The van der Waals surface area contributed by atoms with E-state index >= 15 is 0 Å². The molecule has 2 unspecified atom stereocenters.